The molecule has 142 valence electrons. The first-order valence-electron chi connectivity index (χ1n) is 9.20. The SMILES string of the molecule is COc1ccccc1OCc1nnc(N2CCN(CC(C)C)CC2)n1C. The van der Waals surface area contributed by atoms with Crippen molar-refractivity contribution < 1.29 is 9.47 Å². The van der Waals surface area contributed by atoms with Crippen LogP contribution in [0.3, 0.4) is 0 Å². The smallest absolute Gasteiger partial charge is 0.227 e. The van der Waals surface area contributed by atoms with E-state index in [9.17, 15) is 0 Å². The number of hydrogen-bond donors (Lipinski definition) is 0. The zero-order valence-electron chi connectivity index (χ0n) is 16.2. The fourth-order valence-corrected chi connectivity index (χ4v) is 3.28. The molecule has 7 heteroatoms. The topological polar surface area (TPSA) is 55.7 Å². The molecule has 1 aliphatic heterocycles. The zero-order chi connectivity index (χ0) is 18.5. The number of benzene rings is 1. The van der Waals surface area contributed by atoms with Crippen molar-refractivity contribution in [3.8, 4) is 11.5 Å². The molecule has 0 unspecified atom stereocenters. The molecule has 0 amide bonds. The molecular formula is C19H29N5O2. The molecule has 0 N–H and O–H groups in total. The normalized spacial score (nSPS) is 15.5. The third kappa shape index (κ3) is 4.27. The molecule has 3 rings (SSSR count). The highest BCUT2D eigenvalue weighted by molar-refractivity contribution is 5.39. The molecule has 0 spiro atoms. The van der Waals surface area contributed by atoms with Gasteiger partial charge in [-0.2, -0.15) is 0 Å². The van der Waals surface area contributed by atoms with E-state index in [2.05, 4.69) is 33.8 Å². The average molecular weight is 359 g/mol. The van der Waals surface area contributed by atoms with Crippen molar-refractivity contribution in [2.45, 2.75) is 20.5 Å². The van der Waals surface area contributed by atoms with Crippen LogP contribution in [-0.2, 0) is 13.7 Å². The van der Waals surface area contributed by atoms with Crippen LogP contribution in [0.4, 0.5) is 5.95 Å². The quantitative estimate of drug-likeness (QED) is 0.755. The summed E-state index contributed by atoms with van der Waals surface area (Å²) >= 11 is 0. The Kier molecular flexibility index (Phi) is 5.98. The Balaban J connectivity index is 1.60. The highest BCUT2D eigenvalue weighted by Crippen LogP contribution is 2.26. The summed E-state index contributed by atoms with van der Waals surface area (Å²) < 4.78 is 13.2. The van der Waals surface area contributed by atoms with E-state index in [1.165, 1.54) is 0 Å². The second kappa shape index (κ2) is 8.40. The number of hydrogen-bond acceptors (Lipinski definition) is 6. The number of aromatic nitrogens is 3. The van der Waals surface area contributed by atoms with Crippen LogP contribution in [0.5, 0.6) is 11.5 Å². The summed E-state index contributed by atoms with van der Waals surface area (Å²) in [4.78, 5) is 4.82. The molecule has 1 aliphatic rings. The monoisotopic (exact) mass is 359 g/mol. The summed E-state index contributed by atoms with van der Waals surface area (Å²) in [6.07, 6.45) is 0. The summed E-state index contributed by atoms with van der Waals surface area (Å²) in [7, 11) is 3.64. The molecule has 1 saturated heterocycles. The molecule has 0 radical (unpaired) electrons. The first kappa shape index (κ1) is 18.5. The number of rotatable bonds is 7. The summed E-state index contributed by atoms with van der Waals surface area (Å²) in [6.45, 7) is 10.1. The molecule has 0 saturated carbocycles. The number of nitrogens with zero attached hydrogens (tertiary/aromatic N) is 5. The summed E-state index contributed by atoms with van der Waals surface area (Å²) in [6, 6.07) is 7.62. The van der Waals surface area contributed by atoms with Crippen LogP contribution in [0.25, 0.3) is 0 Å². The summed E-state index contributed by atoms with van der Waals surface area (Å²) in [5.41, 5.74) is 0. The molecule has 1 aromatic carbocycles. The van der Waals surface area contributed by atoms with Crippen LogP contribution in [0.2, 0.25) is 0 Å². The van der Waals surface area contributed by atoms with E-state index >= 15 is 0 Å². The minimum Gasteiger partial charge on any atom is -0.493 e. The molecule has 0 atom stereocenters. The number of anilines is 1. The van der Waals surface area contributed by atoms with E-state index < -0.39 is 0 Å². The molecular weight excluding hydrogens is 330 g/mol. The third-order valence-electron chi connectivity index (χ3n) is 4.65. The molecule has 2 aromatic rings. The number of methoxy groups -OCH3 is 1. The van der Waals surface area contributed by atoms with Crippen LogP contribution in [-0.4, -0.2) is 59.5 Å². The fourth-order valence-electron chi connectivity index (χ4n) is 3.28. The van der Waals surface area contributed by atoms with Crippen molar-refractivity contribution in [2.75, 3.05) is 44.7 Å². The van der Waals surface area contributed by atoms with Gasteiger partial charge in [0.25, 0.3) is 0 Å². The maximum absolute atomic E-state index is 5.88. The molecule has 0 bridgehead atoms. The van der Waals surface area contributed by atoms with Gasteiger partial charge in [-0.15, -0.1) is 10.2 Å². The van der Waals surface area contributed by atoms with Gasteiger partial charge in [-0.1, -0.05) is 26.0 Å². The van der Waals surface area contributed by atoms with E-state index in [4.69, 9.17) is 9.47 Å². The van der Waals surface area contributed by atoms with Crippen molar-refractivity contribution in [3.63, 3.8) is 0 Å². The van der Waals surface area contributed by atoms with Gasteiger partial charge in [-0.3, -0.25) is 9.47 Å². The summed E-state index contributed by atoms with van der Waals surface area (Å²) in [5.74, 6) is 3.84. The van der Waals surface area contributed by atoms with E-state index in [0.717, 1.165) is 50.2 Å². The van der Waals surface area contributed by atoms with Crippen LogP contribution in [0.1, 0.15) is 19.7 Å². The van der Waals surface area contributed by atoms with Crippen molar-refractivity contribution in [1.82, 2.24) is 19.7 Å². The molecule has 0 aliphatic carbocycles. The lowest BCUT2D eigenvalue weighted by molar-refractivity contribution is 0.230. The maximum Gasteiger partial charge on any atom is 0.227 e. The Hall–Kier alpha value is -2.28. The third-order valence-corrected chi connectivity index (χ3v) is 4.65. The van der Waals surface area contributed by atoms with Crippen molar-refractivity contribution >= 4 is 5.95 Å². The highest BCUT2D eigenvalue weighted by atomic mass is 16.5. The van der Waals surface area contributed by atoms with Gasteiger partial charge < -0.3 is 14.4 Å². The van der Waals surface area contributed by atoms with Gasteiger partial charge in [-0.05, 0) is 18.1 Å². The van der Waals surface area contributed by atoms with E-state index in [-0.39, 0.29) is 0 Å². The van der Waals surface area contributed by atoms with Crippen LogP contribution < -0.4 is 14.4 Å². The Morgan fingerprint density at radius 1 is 1.04 bits per heavy atom. The number of piperazine rings is 1. The summed E-state index contributed by atoms with van der Waals surface area (Å²) in [5, 5.41) is 8.71. The Morgan fingerprint density at radius 3 is 2.38 bits per heavy atom. The fraction of sp³-hybridized carbons (Fsp3) is 0.579. The number of ether oxygens (including phenoxy) is 2. The van der Waals surface area contributed by atoms with Gasteiger partial charge in [0.15, 0.2) is 17.3 Å². The van der Waals surface area contributed by atoms with Gasteiger partial charge in [0.1, 0.15) is 6.61 Å². The molecule has 1 fully saturated rings. The minimum absolute atomic E-state index is 0.358. The van der Waals surface area contributed by atoms with E-state index in [1.54, 1.807) is 7.11 Å². The van der Waals surface area contributed by atoms with Crippen LogP contribution in [0.15, 0.2) is 24.3 Å². The van der Waals surface area contributed by atoms with Gasteiger partial charge in [0.2, 0.25) is 5.95 Å². The predicted molar refractivity (Wildman–Crippen MR) is 102 cm³/mol. The second-order valence-electron chi connectivity index (χ2n) is 7.10. The molecule has 2 heterocycles. The Labute approximate surface area is 155 Å². The van der Waals surface area contributed by atoms with Crippen LogP contribution in [0, 0.1) is 5.92 Å². The van der Waals surface area contributed by atoms with Gasteiger partial charge >= 0.3 is 0 Å². The second-order valence-corrected chi connectivity index (χ2v) is 7.10. The van der Waals surface area contributed by atoms with Gasteiger partial charge in [0, 0.05) is 39.8 Å². The minimum atomic E-state index is 0.358. The number of para-hydroxylation sites is 2. The average Bonchev–Trinajstić information content (AvgIpc) is 3.01. The maximum atomic E-state index is 5.88. The Morgan fingerprint density at radius 2 is 1.73 bits per heavy atom. The molecule has 1 aromatic heterocycles. The largest absolute Gasteiger partial charge is 0.493 e. The van der Waals surface area contributed by atoms with E-state index in [0.29, 0.717) is 18.3 Å². The van der Waals surface area contributed by atoms with Crippen molar-refractivity contribution in [2.24, 2.45) is 13.0 Å². The first-order chi connectivity index (χ1) is 12.6. The highest BCUT2D eigenvalue weighted by Gasteiger charge is 2.22. The van der Waals surface area contributed by atoms with Crippen molar-refractivity contribution in [3.05, 3.63) is 30.1 Å². The van der Waals surface area contributed by atoms with Crippen LogP contribution >= 0.6 is 0 Å². The Bertz CT molecular complexity index is 708. The lowest BCUT2D eigenvalue weighted by atomic mass is 10.2. The first-order valence-corrected chi connectivity index (χ1v) is 9.20. The standard InChI is InChI=1S/C19H29N5O2/c1-15(2)13-23-9-11-24(12-10-23)19-21-20-18(22(19)3)14-26-17-8-6-5-7-16(17)25-4/h5-8,15H,9-14H2,1-4H3. The van der Waals surface area contributed by atoms with Gasteiger partial charge in [0.05, 0.1) is 7.11 Å². The lowest BCUT2D eigenvalue weighted by Crippen LogP contribution is -2.48. The van der Waals surface area contributed by atoms with E-state index in [1.807, 2.05) is 35.9 Å². The zero-order valence-corrected chi connectivity index (χ0v) is 16.2. The van der Waals surface area contributed by atoms with Crippen molar-refractivity contribution in [1.29, 1.82) is 0 Å². The lowest BCUT2D eigenvalue weighted by Gasteiger charge is -2.35. The molecule has 26 heavy (non-hydrogen) atoms. The van der Waals surface area contributed by atoms with Gasteiger partial charge in [-0.25, -0.2) is 0 Å². The predicted octanol–water partition coefficient (Wildman–Crippen LogP) is 2.18. The molecule has 7 nitrogen and oxygen atoms in total.